The summed E-state index contributed by atoms with van der Waals surface area (Å²) in [5, 5.41) is 3.38. The van der Waals surface area contributed by atoms with Crippen molar-refractivity contribution in [2.45, 2.75) is 0 Å². The van der Waals surface area contributed by atoms with Gasteiger partial charge < -0.3 is 0 Å². The van der Waals surface area contributed by atoms with Crippen LogP contribution in [-0.2, 0) is 0 Å². The van der Waals surface area contributed by atoms with Crippen molar-refractivity contribution in [3.05, 3.63) is 21.4 Å². The van der Waals surface area contributed by atoms with Crippen LogP contribution in [-0.4, -0.2) is 64.9 Å². The van der Waals surface area contributed by atoms with E-state index in [0.29, 0.717) is 0 Å². The molecule has 0 aliphatic carbocycles. The Morgan fingerprint density at radius 1 is 1.38 bits per heavy atom. The first-order valence-corrected chi connectivity index (χ1v) is 10.1. The molecule has 2 heterocycles. The normalized spacial score (nSPS) is 22.6. The van der Waals surface area contributed by atoms with Gasteiger partial charge in [0.1, 0.15) is 0 Å². The van der Waals surface area contributed by atoms with Crippen LogP contribution < -0.4 is 5.32 Å². The van der Waals surface area contributed by atoms with E-state index in [1.54, 1.807) is 5.57 Å². The summed E-state index contributed by atoms with van der Waals surface area (Å²) in [4.78, 5) is 2.55. The van der Waals surface area contributed by atoms with Crippen molar-refractivity contribution in [2.24, 2.45) is 0 Å². The van der Waals surface area contributed by atoms with Crippen LogP contribution in [0.1, 0.15) is 0 Å². The van der Waals surface area contributed by atoms with Crippen molar-refractivity contribution < 1.29 is 0 Å². The third kappa shape index (κ3) is 3.11. The van der Waals surface area contributed by atoms with Crippen molar-refractivity contribution in [1.29, 1.82) is 0 Å². The summed E-state index contributed by atoms with van der Waals surface area (Å²) in [6.45, 7) is 5.93. The van der Waals surface area contributed by atoms with E-state index in [0.717, 1.165) is 13.1 Å². The predicted octanol–water partition coefficient (Wildman–Crippen LogP) is -0.148. The van der Waals surface area contributed by atoms with E-state index in [9.17, 15) is 0 Å². The quantitative estimate of drug-likeness (QED) is 0.683. The molecule has 0 radical (unpaired) electrons. The summed E-state index contributed by atoms with van der Waals surface area (Å²) < 4.78 is 4.93. The van der Waals surface area contributed by atoms with Gasteiger partial charge in [-0.2, -0.15) is 0 Å². The first-order valence-electron chi connectivity index (χ1n) is 4.92. The van der Waals surface area contributed by atoms with Gasteiger partial charge in [0.25, 0.3) is 0 Å². The first-order chi connectivity index (χ1) is 6.45. The van der Waals surface area contributed by atoms with Gasteiger partial charge in [0.2, 0.25) is 0 Å². The molecule has 0 saturated carbocycles. The molecule has 13 heavy (non-hydrogen) atoms. The van der Waals surface area contributed by atoms with Crippen molar-refractivity contribution in [3.8, 4) is 0 Å². The molecule has 2 nitrogen and oxygen atoms in total. The standard InChI is InChI=1S/C10H15N2.Tl/c1-3-4-10(2)9-12-7-5-11-6-8-12;/h1-4,11H,5-9H2;. The molecule has 2 aliphatic rings. The van der Waals surface area contributed by atoms with Gasteiger partial charge in [-0.25, -0.2) is 0 Å². The summed E-state index contributed by atoms with van der Waals surface area (Å²) in [7, 11) is 0. The zero-order valence-corrected chi connectivity index (χ0v) is 12.4. The topological polar surface area (TPSA) is 15.3 Å². The van der Waals surface area contributed by atoms with E-state index in [-0.39, 0.29) is 0 Å². The minimum atomic E-state index is -0.557. The molecule has 1 N–H and O–H groups in total. The summed E-state index contributed by atoms with van der Waals surface area (Å²) in [5.41, 5.74) is 1.57. The average Bonchev–Trinajstić information content (AvgIpc) is 2.21. The van der Waals surface area contributed by atoms with Crippen LogP contribution in [0.4, 0.5) is 0 Å². The van der Waals surface area contributed by atoms with Gasteiger partial charge in [0.05, 0.1) is 0 Å². The first kappa shape index (κ1) is 9.74. The van der Waals surface area contributed by atoms with Crippen LogP contribution >= 0.6 is 0 Å². The predicted molar refractivity (Wildman–Crippen MR) is 58.4 cm³/mol. The summed E-state index contributed by atoms with van der Waals surface area (Å²) in [6, 6.07) is 0. The maximum absolute atomic E-state index is 3.38. The van der Waals surface area contributed by atoms with Gasteiger partial charge in [-0.1, -0.05) is 0 Å². The van der Waals surface area contributed by atoms with Crippen molar-refractivity contribution in [1.82, 2.24) is 10.2 Å². The summed E-state index contributed by atoms with van der Waals surface area (Å²) in [5.74, 6) is 0. The Balaban J connectivity index is 1.86. The van der Waals surface area contributed by atoms with Crippen LogP contribution in [0.25, 0.3) is 0 Å². The summed E-state index contributed by atoms with van der Waals surface area (Å²) in [6.07, 6.45) is 4.54. The minimum absolute atomic E-state index is 0.557. The van der Waals surface area contributed by atoms with E-state index in [2.05, 4.69) is 29.6 Å². The molecule has 1 saturated heterocycles. The second-order valence-electron chi connectivity index (χ2n) is 3.51. The molecular weight excluding hydrogens is 353 g/mol. The second kappa shape index (κ2) is 5.17. The van der Waals surface area contributed by atoms with Crippen LogP contribution in [0.3, 0.4) is 0 Å². The average molecular weight is 368 g/mol. The zero-order valence-electron chi connectivity index (χ0n) is 7.87. The molecule has 0 spiro atoms. The second-order valence-corrected chi connectivity index (χ2v) is 7.80. The molecule has 0 bridgehead atoms. The maximum atomic E-state index is 3.38. The molecule has 68 valence electrons. The number of allylic oxidation sites excluding steroid dienone is 1. The van der Waals surface area contributed by atoms with E-state index in [1.165, 1.54) is 19.6 Å². The fraction of sp³-hybridized carbons (Fsp3) is 0.500. The van der Waals surface area contributed by atoms with Gasteiger partial charge in [-0.15, -0.1) is 0 Å². The van der Waals surface area contributed by atoms with Crippen molar-refractivity contribution in [3.63, 3.8) is 0 Å². The fourth-order valence-electron chi connectivity index (χ4n) is 1.71. The van der Waals surface area contributed by atoms with Crippen LogP contribution in [0.15, 0.2) is 21.4 Å². The Hall–Kier alpha value is 0.192. The Kier molecular flexibility index (Phi) is 3.87. The van der Waals surface area contributed by atoms with Gasteiger partial charge >= 0.3 is 91.6 Å². The van der Waals surface area contributed by atoms with Gasteiger partial charge in [-0.3, -0.25) is 0 Å². The number of nitrogens with one attached hydrogen (secondary N) is 1. The Morgan fingerprint density at radius 2 is 2.23 bits per heavy atom. The van der Waals surface area contributed by atoms with Crippen molar-refractivity contribution in [2.75, 3.05) is 32.7 Å². The SMILES string of the molecule is C1=CC(CN2CCNCC2)=[CH][Tl]=[CH]1. The van der Waals surface area contributed by atoms with E-state index in [1.807, 2.05) is 0 Å². The molecule has 0 aromatic carbocycles. The van der Waals surface area contributed by atoms with Gasteiger partial charge in [0.15, 0.2) is 0 Å². The van der Waals surface area contributed by atoms with Crippen LogP contribution in [0.2, 0.25) is 0 Å². The molecule has 1 fully saturated rings. The number of nitrogens with zero attached hydrogens (tertiary/aromatic N) is 1. The van der Waals surface area contributed by atoms with Crippen LogP contribution in [0.5, 0.6) is 0 Å². The Morgan fingerprint density at radius 3 is 2.92 bits per heavy atom. The molecule has 3 heteroatoms. The van der Waals surface area contributed by atoms with Gasteiger partial charge in [0, 0.05) is 0 Å². The molecular formula is C10H15N2Tl. The number of rotatable bonds is 2. The van der Waals surface area contributed by atoms with E-state index in [4.69, 9.17) is 0 Å². The fourth-order valence-corrected chi connectivity index (χ4v) is 4.88. The Bertz CT molecular complexity index is 250. The molecule has 0 atom stereocenters. The molecule has 2 rings (SSSR count). The Labute approximate surface area is 91.4 Å². The number of hydrogen-bond acceptors (Lipinski definition) is 2. The third-order valence-corrected chi connectivity index (χ3v) is 6.60. The van der Waals surface area contributed by atoms with Crippen LogP contribution in [0, 0.1) is 0 Å². The number of piperazine rings is 1. The number of hydrogen-bond donors (Lipinski definition) is 1. The summed E-state index contributed by atoms with van der Waals surface area (Å²) >= 11 is -0.557. The van der Waals surface area contributed by atoms with Gasteiger partial charge in [-0.05, 0) is 0 Å². The molecule has 0 amide bonds. The monoisotopic (exact) mass is 368 g/mol. The van der Waals surface area contributed by atoms with E-state index >= 15 is 0 Å². The molecule has 0 unspecified atom stereocenters. The molecule has 0 aromatic rings. The van der Waals surface area contributed by atoms with Crippen molar-refractivity contribution >= 4 is 27.3 Å². The molecule has 0 aromatic heterocycles. The van der Waals surface area contributed by atoms with E-state index < -0.39 is 23.7 Å². The zero-order chi connectivity index (χ0) is 8.93. The molecule has 2 aliphatic heterocycles. The third-order valence-electron chi connectivity index (χ3n) is 2.46.